The molecule has 1 amide bonds. The number of allylic oxidation sites excluding steroid dienone is 19. The molecule has 0 fully saturated rings. The van der Waals surface area contributed by atoms with Crippen LogP contribution in [0.1, 0.15) is 239 Å². The molecule has 0 aromatic rings. The highest BCUT2D eigenvalue weighted by Crippen LogP contribution is 2.38. The molecule has 9 nitrogen and oxygen atoms in total. The summed E-state index contributed by atoms with van der Waals surface area (Å²) >= 11 is 0. The van der Waals surface area contributed by atoms with Crippen LogP contribution in [0, 0.1) is 0 Å². The van der Waals surface area contributed by atoms with Gasteiger partial charge in [-0.25, -0.2) is 0 Å². The molecule has 0 bridgehead atoms. The maximum absolute atomic E-state index is 13.5. The van der Waals surface area contributed by atoms with Crippen LogP contribution < -0.4 is 10.2 Å². The summed E-state index contributed by atoms with van der Waals surface area (Å²) in [5, 5.41) is 3.01. The van der Waals surface area contributed by atoms with Crippen molar-refractivity contribution < 1.29 is 37.3 Å². The minimum atomic E-state index is -4.72. The maximum Gasteiger partial charge on any atom is 0.306 e. The summed E-state index contributed by atoms with van der Waals surface area (Å²) in [7, 11) is 1.14. The Morgan fingerprint density at radius 2 is 0.896 bits per heavy atom. The van der Waals surface area contributed by atoms with E-state index >= 15 is 0 Å². The number of carbonyl (C=O) groups excluding carboxylic acids is 2. The van der Waals surface area contributed by atoms with Gasteiger partial charge < -0.3 is 28.5 Å². The summed E-state index contributed by atoms with van der Waals surface area (Å²) in [6, 6.07) is -0.913. The van der Waals surface area contributed by atoms with Crippen molar-refractivity contribution in [3.05, 3.63) is 122 Å². The van der Waals surface area contributed by atoms with Gasteiger partial charge in [0.25, 0.3) is 7.82 Å². The van der Waals surface area contributed by atoms with Gasteiger partial charge in [0.2, 0.25) is 5.91 Å². The lowest BCUT2D eigenvalue weighted by Gasteiger charge is -2.30. The number of phosphoric acid groups is 1. The molecule has 0 aromatic carbocycles. The fourth-order valence-corrected chi connectivity index (χ4v) is 8.95. The molecule has 0 rings (SSSR count). The van der Waals surface area contributed by atoms with E-state index in [2.05, 4.69) is 129 Å². The van der Waals surface area contributed by atoms with Crippen molar-refractivity contribution in [1.82, 2.24) is 5.32 Å². The lowest BCUT2D eigenvalue weighted by Crippen LogP contribution is -2.47. The summed E-state index contributed by atoms with van der Waals surface area (Å²) in [5.41, 5.74) is 0. The first-order valence-electron chi connectivity index (χ1n) is 30.9. The predicted molar refractivity (Wildman–Crippen MR) is 330 cm³/mol. The molecule has 3 unspecified atom stereocenters. The number of nitrogens with one attached hydrogen (secondary N) is 1. The van der Waals surface area contributed by atoms with Crippen molar-refractivity contribution in [3.8, 4) is 0 Å². The van der Waals surface area contributed by atoms with Crippen LogP contribution in [0.25, 0.3) is 0 Å². The number of amides is 1. The second kappa shape index (κ2) is 55.7. The van der Waals surface area contributed by atoms with Crippen LogP contribution in [-0.2, 0) is 27.9 Å². The van der Waals surface area contributed by atoms with Gasteiger partial charge in [0.1, 0.15) is 19.3 Å². The van der Waals surface area contributed by atoms with Crippen molar-refractivity contribution in [3.63, 3.8) is 0 Å². The number of quaternary nitrogens is 1. The third-order valence-electron chi connectivity index (χ3n) is 12.9. The summed E-state index contributed by atoms with van der Waals surface area (Å²) in [5.74, 6) is -0.590. The third-order valence-corrected chi connectivity index (χ3v) is 13.9. The fourth-order valence-electron chi connectivity index (χ4n) is 8.23. The predicted octanol–water partition coefficient (Wildman–Crippen LogP) is 18.5. The zero-order valence-corrected chi connectivity index (χ0v) is 51.0. The van der Waals surface area contributed by atoms with E-state index in [1.54, 1.807) is 0 Å². The Balaban J connectivity index is 5.26. The SMILES string of the molecule is CC/C=C\C/C=C\C/C=C\C/C=C\C/C=C\C/C=C\CCCCCCCCC(=O)NC(COP(=O)([O-])OCC[N+](C)(C)C)C(/C=C\CCCCCCCCCCCCC)OC(=O)CCCCCCC\C=C/C=C/C=C/CC. The number of ether oxygens (including phenoxy) is 1. The van der Waals surface area contributed by atoms with Crippen molar-refractivity contribution in [1.29, 1.82) is 0 Å². The molecule has 0 aliphatic rings. The molecule has 0 heterocycles. The molecule has 0 saturated carbocycles. The van der Waals surface area contributed by atoms with Crippen LogP contribution in [0.2, 0.25) is 0 Å². The molecule has 0 saturated heterocycles. The second-order valence-corrected chi connectivity index (χ2v) is 22.9. The van der Waals surface area contributed by atoms with Gasteiger partial charge in [-0.3, -0.25) is 14.2 Å². The van der Waals surface area contributed by atoms with Crippen LogP contribution in [0.4, 0.5) is 0 Å². The Morgan fingerprint density at radius 1 is 0.481 bits per heavy atom. The molecule has 0 aliphatic heterocycles. The van der Waals surface area contributed by atoms with E-state index in [4.69, 9.17) is 13.8 Å². The summed E-state index contributed by atoms with van der Waals surface area (Å²) in [4.78, 5) is 40.0. The highest BCUT2D eigenvalue weighted by molar-refractivity contribution is 7.45. The average molecular weight is 1090 g/mol. The summed E-state index contributed by atoms with van der Waals surface area (Å²) < 4.78 is 30.3. The average Bonchev–Trinajstić information content (AvgIpc) is 3.39. The van der Waals surface area contributed by atoms with E-state index in [0.717, 1.165) is 135 Å². The lowest BCUT2D eigenvalue weighted by atomic mass is 10.0. The largest absolute Gasteiger partial charge is 0.756 e. The topological polar surface area (TPSA) is 114 Å². The third kappa shape index (κ3) is 56.9. The van der Waals surface area contributed by atoms with E-state index in [9.17, 15) is 19.0 Å². The van der Waals surface area contributed by atoms with E-state index < -0.39 is 26.6 Å². The molecule has 0 aliphatic carbocycles. The number of hydrogen-bond acceptors (Lipinski definition) is 7. The van der Waals surface area contributed by atoms with Crippen LogP contribution >= 0.6 is 7.82 Å². The Hall–Kier alpha value is -3.59. The Labute approximate surface area is 473 Å². The standard InChI is InChI=1S/C67H115N2O7P/c1-7-10-13-16-19-22-25-28-29-30-31-32-33-34-35-36-37-38-39-42-44-47-50-53-56-59-66(70)68-64(63-75-77(72,73)74-62-61-69(4,5)6)65(58-55-52-49-46-43-40-26-23-20-17-14-11-8-2)76-67(71)60-57-54-51-48-45-41-27-24-21-18-15-12-9-3/h10,12-13,15,18-19,21-22,24,27-29,31-32,34-35,37-38,55,58,64-65H,7-9,11,14,16-17,20,23,25-26,30,33,36,39-54,56-57,59-63H2,1-6H3,(H-,68,70,72,73)/b13-10-,15-12+,21-18+,22-19-,27-24-,29-28-,32-31-,35-34-,38-37-,58-55-. The molecule has 77 heavy (non-hydrogen) atoms. The van der Waals surface area contributed by atoms with Gasteiger partial charge >= 0.3 is 5.97 Å². The van der Waals surface area contributed by atoms with Gasteiger partial charge in [0, 0.05) is 12.8 Å². The van der Waals surface area contributed by atoms with Crippen LogP contribution in [0.3, 0.4) is 0 Å². The quantitative estimate of drug-likeness (QED) is 0.0161. The Kier molecular flexibility index (Phi) is 53.1. The number of rotatable bonds is 54. The highest BCUT2D eigenvalue weighted by atomic mass is 31.2. The molecular formula is C67H115N2O7P. The molecule has 3 atom stereocenters. The van der Waals surface area contributed by atoms with Crippen LogP contribution in [0.15, 0.2) is 122 Å². The zero-order valence-electron chi connectivity index (χ0n) is 50.1. The first kappa shape index (κ1) is 73.4. The van der Waals surface area contributed by atoms with Gasteiger partial charge in [0.05, 0.1) is 33.8 Å². The number of nitrogens with zero attached hydrogens (tertiary/aromatic N) is 1. The van der Waals surface area contributed by atoms with Gasteiger partial charge in [0.15, 0.2) is 0 Å². The van der Waals surface area contributed by atoms with Crippen molar-refractivity contribution in [2.45, 2.75) is 251 Å². The molecule has 0 spiro atoms. The van der Waals surface area contributed by atoms with Gasteiger partial charge in [-0.05, 0) is 102 Å². The zero-order chi connectivity index (χ0) is 56.4. The lowest BCUT2D eigenvalue weighted by molar-refractivity contribution is -0.870. The van der Waals surface area contributed by atoms with Crippen molar-refractivity contribution >= 4 is 19.7 Å². The number of likely N-dealkylation sites (N-methyl/N-ethyl adjacent to an activating group) is 1. The Bertz CT molecular complexity index is 1730. The van der Waals surface area contributed by atoms with Crippen LogP contribution in [0.5, 0.6) is 0 Å². The smallest absolute Gasteiger partial charge is 0.306 e. The van der Waals surface area contributed by atoms with E-state index in [0.29, 0.717) is 23.9 Å². The van der Waals surface area contributed by atoms with E-state index in [1.165, 1.54) is 57.8 Å². The summed E-state index contributed by atoms with van der Waals surface area (Å²) in [6.45, 7) is 6.55. The minimum Gasteiger partial charge on any atom is -0.756 e. The van der Waals surface area contributed by atoms with Gasteiger partial charge in [-0.15, -0.1) is 0 Å². The first-order chi connectivity index (χ1) is 37.4. The molecule has 1 N–H and O–H groups in total. The van der Waals surface area contributed by atoms with Crippen LogP contribution in [-0.4, -0.2) is 69.4 Å². The highest BCUT2D eigenvalue weighted by Gasteiger charge is 2.27. The van der Waals surface area contributed by atoms with E-state index in [1.807, 2.05) is 39.4 Å². The minimum absolute atomic E-state index is 0.0356. The van der Waals surface area contributed by atoms with Crippen molar-refractivity contribution in [2.75, 3.05) is 40.9 Å². The Morgan fingerprint density at radius 3 is 1.39 bits per heavy atom. The number of carbonyl (C=O) groups is 2. The first-order valence-corrected chi connectivity index (χ1v) is 32.3. The number of esters is 1. The second-order valence-electron chi connectivity index (χ2n) is 21.5. The molecule has 440 valence electrons. The number of hydrogen-bond donors (Lipinski definition) is 1. The molecular weight excluding hydrogens is 976 g/mol. The molecule has 10 heteroatoms. The molecule has 0 radical (unpaired) electrons. The maximum atomic E-state index is 13.5. The van der Waals surface area contributed by atoms with Crippen molar-refractivity contribution in [2.24, 2.45) is 0 Å². The van der Waals surface area contributed by atoms with E-state index in [-0.39, 0.29) is 31.3 Å². The molecule has 0 aromatic heterocycles. The monoisotopic (exact) mass is 1090 g/mol. The van der Waals surface area contributed by atoms with Gasteiger partial charge in [-0.2, -0.15) is 0 Å². The number of unbranched alkanes of at least 4 members (excludes halogenated alkanes) is 22. The normalized spacial score (nSPS) is 14.5. The number of phosphoric ester groups is 1. The fraction of sp³-hybridized carbons (Fsp3) is 0.672. The van der Waals surface area contributed by atoms with Gasteiger partial charge in [-0.1, -0.05) is 245 Å². The summed E-state index contributed by atoms with van der Waals surface area (Å²) in [6.07, 6.45) is 77.4.